The third-order valence-corrected chi connectivity index (χ3v) is 2.77. The van der Waals surface area contributed by atoms with Crippen LogP contribution in [0, 0.1) is 11.3 Å². The Kier molecular flexibility index (Phi) is 2.97. The molecule has 21 heavy (non-hydrogen) atoms. The van der Waals surface area contributed by atoms with Gasteiger partial charge < -0.3 is 14.7 Å². The van der Waals surface area contributed by atoms with E-state index in [4.69, 9.17) is 9.78 Å². The van der Waals surface area contributed by atoms with Crippen LogP contribution in [-0.2, 0) is 0 Å². The summed E-state index contributed by atoms with van der Waals surface area (Å²) in [5, 5.41) is 31.2. The van der Waals surface area contributed by atoms with Gasteiger partial charge in [-0.2, -0.15) is 10.2 Å². The summed E-state index contributed by atoms with van der Waals surface area (Å²) in [4.78, 5) is 8.21. The number of phenols is 2. The summed E-state index contributed by atoms with van der Waals surface area (Å²) in [6, 6.07) is 9.38. The van der Waals surface area contributed by atoms with Crippen LogP contribution in [0.2, 0.25) is 0 Å². The quantitative estimate of drug-likeness (QED) is 0.690. The van der Waals surface area contributed by atoms with E-state index in [-0.39, 0.29) is 23.2 Å². The number of nitriles is 1. The fraction of sp³-hybridized carbons (Fsp3) is 0. The molecule has 0 fully saturated rings. The lowest BCUT2D eigenvalue weighted by Gasteiger charge is -1.98. The summed E-state index contributed by atoms with van der Waals surface area (Å²) in [7, 11) is 0. The topological polar surface area (TPSA) is 116 Å². The Morgan fingerprint density at radius 1 is 1.10 bits per heavy atom. The van der Waals surface area contributed by atoms with Crippen molar-refractivity contribution in [3.05, 3.63) is 42.1 Å². The van der Waals surface area contributed by atoms with E-state index in [2.05, 4.69) is 15.1 Å². The van der Waals surface area contributed by atoms with E-state index in [1.54, 1.807) is 18.2 Å². The molecule has 0 unspecified atom stereocenters. The highest BCUT2D eigenvalue weighted by Gasteiger charge is 2.13. The van der Waals surface area contributed by atoms with Crippen molar-refractivity contribution >= 4 is 0 Å². The molecule has 0 saturated carbocycles. The number of pyridine rings is 1. The zero-order valence-electron chi connectivity index (χ0n) is 10.6. The van der Waals surface area contributed by atoms with Crippen molar-refractivity contribution in [1.29, 1.82) is 5.26 Å². The third-order valence-electron chi connectivity index (χ3n) is 2.77. The van der Waals surface area contributed by atoms with Crippen LogP contribution in [0.25, 0.3) is 23.0 Å². The van der Waals surface area contributed by atoms with Gasteiger partial charge in [0.05, 0.1) is 5.56 Å². The van der Waals surface area contributed by atoms with E-state index in [0.29, 0.717) is 16.8 Å². The molecule has 0 bridgehead atoms. The van der Waals surface area contributed by atoms with E-state index in [9.17, 15) is 10.2 Å². The van der Waals surface area contributed by atoms with Crippen molar-refractivity contribution in [3.8, 4) is 40.5 Å². The molecule has 0 aliphatic heterocycles. The second-order valence-electron chi connectivity index (χ2n) is 4.17. The molecule has 2 N–H and O–H groups in total. The first kappa shape index (κ1) is 12.6. The average Bonchev–Trinajstić information content (AvgIpc) is 3.00. The maximum Gasteiger partial charge on any atom is 0.276 e. The van der Waals surface area contributed by atoms with Gasteiger partial charge in [0.1, 0.15) is 11.8 Å². The summed E-state index contributed by atoms with van der Waals surface area (Å²) in [6.45, 7) is 0. The molecule has 0 amide bonds. The first-order chi connectivity index (χ1) is 10.2. The minimum absolute atomic E-state index is 0.196. The number of benzene rings is 1. The predicted octanol–water partition coefficient (Wildman–Crippen LogP) is 2.08. The third kappa shape index (κ3) is 2.37. The van der Waals surface area contributed by atoms with Gasteiger partial charge in [0, 0.05) is 11.8 Å². The van der Waals surface area contributed by atoms with E-state index < -0.39 is 0 Å². The van der Waals surface area contributed by atoms with Crippen LogP contribution in [0.5, 0.6) is 11.5 Å². The highest BCUT2D eigenvalue weighted by Crippen LogP contribution is 2.29. The fourth-order valence-electron chi connectivity index (χ4n) is 1.69. The normalized spacial score (nSPS) is 10.2. The van der Waals surface area contributed by atoms with Gasteiger partial charge in [-0.05, 0) is 30.3 Å². The first-order valence-corrected chi connectivity index (χ1v) is 5.90. The highest BCUT2D eigenvalue weighted by molar-refractivity contribution is 5.62. The second kappa shape index (κ2) is 4.94. The lowest BCUT2D eigenvalue weighted by atomic mass is 10.2. The monoisotopic (exact) mass is 280 g/mol. The Morgan fingerprint density at radius 3 is 2.62 bits per heavy atom. The Hall–Kier alpha value is -3.40. The molecule has 0 aliphatic rings. The minimum Gasteiger partial charge on any atom is -0.504 e. The van der Waals surface area contributed by atoms with Crippen LogP contribution in [0.3, 0.4) is 0 Å². The summed E-state index contributed by atoms with van der Waals surface area (Å²) in [5.41, 5.74) is 1.37. The maximum atomic E-state index is 9.46. The number of rotatable bonds is 2. The van der Waals surface area contributed by atoms with E-state index in [1.165, 1.54) is 18.3 Å². The summed E-state index contributed by atoms with van der Waals surface area (Å²) in [5.74, 6) is -0.0416. The molecule has 0 saturated heterocycles. The zero-order chi connectivity index (χ0) is 14.8. The molecule has 7 nitrogen and oxygen atoms in total. The van der Waals surface area contributed by atoms with Crippen LogP contribution in [-0.4, -0.2) is 25.3 Å². The van der Waals surface area contributed by atoms with E-state index in [0.717, 1.165) is 0 Å². The molecule has 3 rings (SSSR count). The van der Waals surface area contributed by atoms with Gasteiger partial charge in [0.15, 0.2) is 11.5 Å². The van der Waals surface area contributed by atoms with Crippen molar-refractivity contribution in [1.82, 2.24) is 15.1 Å². The number of phenolic OH excluding ortho intramolecular Hbond substituents is 2. The Bertz CT molecular complexity index is 834. The molecule has 0 aliphatic carbocycles. The number of hydrogen-bond donors (Lipinski definition) is 2. The van der Waals surface area contributed by atoms with Crippen LogP contribution in [0.1, 0.15) is 5.56 Å². The van der Waals surface area contributed by atoms with Crippen molar-refractivity contribution in [2.24, 2.45) is 0 Å². The Labute approximate surface area is 118 Å². The predicted molar refractivity (Wildman–Crippen MR) is 71.0 cm³/mol. The van der Waals surface area contributed by atoms with Crippen molar-refractivity contribution < 1.29 is 14.7 Å². The minimum atomic E-state index is -0.268. The Balaban J connectivity index is 1.95. The molecule has 0 radical (unpaired) electrons. The van der Waals surface area contributed by atoms with Gasteiger partial charge in [-0.1, -0.05) is 5.16 Å². The van der Waals surface area contributed by atoms with Crippen LogP contribution in [0.15, 0.2) is 41.1 Å². The van der Waals surface area contributed by atoms with Crippen LogP contribution in [0.4, 0.5) is 0 Å². The molecule has 102 valence electrons. The molecular formula is C14H8N4O3. The molecule has 0 atom stereocenters. The second-order valence-corrected chi connectivity index (χ2v) is 4.17. The van der Waals surface area contributed by atoms with Crippen molar-refractivity contribution in [3.63, 3.8) is 0 Å². The van der Waals surface area contributed by atoms with Gasteiger partial charge >= 0.3 is 0 Å². The lowest BCUT2D eigenvalue weighted by molar-refractivity contribution is 0.404. The van der Waals surface area contributed by atoms with Crippen LogP contribution < -0.4 is 0 Å². The maximum absolute atomic E-state index is 9.46. The zero-order valence-corrected chi connectivity index (χ0v) is 10.6. The smallest absolute Gasteiger partial charge is 0.276 e. The summed E-state index contributed by atoms with van der Waals surface area (Å²) in [6.07, 6.45) is 1.41. The van der Waals surface area contributed by atoms with Gasteiger partial charge in [-0.3, -0.25) is 0 Å². The molecule has 0 spiro atoms. The SMILES string of the molecule is N#Cc1ccc(-c2nc(-c3ccc(O)c(O)c3)no2)nc1. The molecule has 2 aromatic heterocycles. The summed E-state index contributed by atoms with van der Waals surface area (Å²) < 4.78 is 5.10. The van der Waals surface area contributed by atoms with Crippen molar-refractivity contribution in [2.75, 3.05) is 0 Å². The average molecular weight is 280 g/mol. The van der Waals surface area contributed by atoms with Gasteiger partial charge in [0.25, 0.3) is 5.89 Å². The number of aromatic nitrogens is 3. The Morgan fingerprint density at radius 2 is 1.95 bits per heavy atom. The van der Waals surface area contributed by atoms with Crippen molar-refractivity contribution in [2.45, 2.75) is 0 Å². The molecule has 2 heterocycles. The van der Waals surface area contributed by atoms with Gasteiger partial charge in [0.2, 0.25) is 5.82 Å². The number of aromatic hydroxyl groups is 2. The van der Waals surface area contributed by atoms with Crippen LogP contribution >= 0.6 is 0 Å². The van der Waals surface area contributed by atoms with E-state index in [1.807, 2.05) is 6.07 Å². The first-order valence-electron chi connectivity index (χ1n) is 5.90. The number of nitrogens with zero attached hydrogens (tertiary/aromatic N) is 4. The molecule has 1 aromatic carbocycles. The fourth-order valence-corrected chi connectivity index (χ4v) is 1.69. The molecular weight excluding hydrogens is 272 g/mol. The highest BCUT2D eigenvalue weighted by atomic mass is 16.5. The van der Waals surface area contributed by atoms with Gasteiger partial charge in [-0.15, -0.1) is 0 Å². The summed E-state index contributed by atoms with van der Waals surface area (Å²) >= 11 is 0. The molecule has 3 aromatic rings. The lowest BCUT2D eigenvalue weighted by Crippen LogP contribution is -1.85. The number of hydrogen-bond acceptors (Lipinski definition) is 7. The standard InChI is InChI=1S/C14H8N4O3/c15-6-8-1-3-10(16-7-8)14-17-13(18-21-14)9-2-4-11(19)12(20)5-9/h1-5,7,19-20H. The van der Waals surface area contributed by atoms with Gasteiger partial charge in [-0.25, -0.2) is 4.98 Å². The molecule has 7 heteroatoms. The largest absolute Gasteiger partial charge is 0.504 e. The van der Waals surface area contributed by atoms with E-state index >= 15 is 0 Å².